The maximum atomic E-state index is 8.81. The summed E-state index contributed by atoms with van der Waals surface area (Å²) in [5.74, 6) is -2.20. The van der Waals surface area contributed by atoms with Gasteiger partial charge in [0, 0.05) is 6.42 Å². The van der Waals surface area contributed by atoms with E-state index in [0.29, 0.717) is 0 Å². The van der Waals surface area contributed by atoms with Gasteiger partial charge >= 0.3 is 0 Å². The molecule has 0 bridgehead atoms. The van der Waals surface area contributed by atoms with Crippen LogP contribution in [-0.2, 0) is 4.74 Å². The van der Waals surface area contributed by atoms with Crippen LogP contribution in [0.25, 0.3) is 0 Å². The third-order valence-corrected chi connectivity index (χ3v) is 1.18. The maximum Gasteiger partial charge on any atom is 0.277 e. The highest BCUT2D eigenvalue weighted by Gasteiger charge is 2.21. The van der Waals surface area contributed by atoms with Crippen molar-refractivity contribution < 1.29 is 25.2 Å². The molecule has 0 rings (SSSR count). The molecule has 5 nitrogen and oxygen atoms in total. The SMILES string of the molecule is CCC(O)(O)OCC(O)CO. The van der Waals surface area contributed by atoms with Crippen molar-refractivity contribution in [2.75, 3.05) is 13.2 Å². The van der Waals surface area contributed by atoms with Gasteiger partial charge in [0.25, 0.3) is 5.97 Å². The Morgan fingerprint density at radius 2 is 2.00 bits per heavy atom. The molecule has 4 N–H and O–H groups in total. The van der Waals surface area contributed by atoms with Crippen LogP contribution in [0, 0.1) is 0 Å². The first-order chi connectivity index (χ1) is 5.02. The van der Waals surface area contributed by atoms with E-state index in [1.807, 2.05) is 0 Å². The molecule has 0 radical (unpaired) electrons. The number of aliphatic hydroxyl groups is 4. The number of ether oxygens (including phenoxy) is 1. The Kier molecular flexibility index (Phi) is 4.55. The zero-order chi connectivity index (χ0) is 8.91. The second kappa shape index (κ2) is 4.63. The molecule has 0 spiro atoms. The highest BCUT2D eigenvalue weighted by atomic mass is 16.8. The molecule has 0 aromatic rings. The van der Waals surface area contributed by atoms with E-state index in [9.17, 15) is 0 Å². The van der Waals surface area contributed by atoms with E-state index in [0.717, 1.165) is 0 Å². The van der Waals surface area contributed by atoms with Gasteiger partial charge in [-0.05, 0) is 0 Å². The number of hydrogen-bond donors (Lipinski definition) is 4. The van der Waals surface area contributed by atoms with Gasteiger partial charge in [-0.15, -0.1) is 0 Å². The van der Waals surface area contributed by atoms with Crippen LogP contribution in [0.1, 0.15) is 13.3 Å². The van der Waals surface area contributed by atoms with E-state index in [1.165, 1.54) is 6.92 Å². The fourth-order valence-corrected chi connectivity index (χ4v) is 0.384. The average Bonchev–Trinajstić information content (AvgIpc) is 2.00. The van der Waals surface area contributed by atoms with Gasteiger partial charge in [0.2, 0.25) is 0 Å². The van der Waals surface area contributed by atoms with Crippen LogP contribution in [0.15, 0.2) is 0 Å². The van der Waals surface area contributed by atoms with Crippen LogP contribution in [-0.4, -0.2) is 45.7 Å². The maximum absolute atomic E-state index is 8.81. The number of rotatable bonds is 5. The molecule has 0 aliphatic carbocycles. The number of hydrogen-bond acceptors (Lipinski definition) is 5. The molecule has 0 aliphatic rings. The third kappa shape index (κ3) is 5.11. The molecule has 1 unspecified atom stereocenters. The summed E-state index contributed by atoms with van der Waals surface area (Å²) in [6.07, 6.45) is -1.06. The highest BCUT2D eigenvalue weighted by Crippen LogP contribution is 2.06. The second-order valence-corrected chi connectivity index (χ2v) is 2.24. The normalized spacial score (nSPS) is 15.0. The van der Waals surface area contributed by atoms with Crippen molar-refractivity contribution in [3.63, 3.8) is 0 Å². The Hall–Kier alpha value is -0.200. The first-order valence-electron chi connectivity index (χ1n) is 3.39. The first kappa shape index (κ1) is 10.8. The van der Waals surface area contributed by atoms with Crippen molar-refractivity contribution in [2.24, 2.45) is 0 Å². The van der Waals surface area contributed by atoms with E-state index in [4.69, 9.17) is 20.4 Å². The Morgan fingerprint density at radius 3 is 2.36 bits per heavy atom. The van der Waals surface area contributed by atoms with E-state index >= 15 is 0 Å². The molecule has 0 amide bonds. The summed E-state index contributed by atoms with van der Waals surface area (Å²) < 4.78 is 4.43. The van der Waals surface area contributed by atoms with E-state index in [2.05, 4.69) is 4.74 Å². The molecule has 0 saturated heterocycles. The van der Waals surface area contributed by atoms with Crippen LogP contribution >= 0.6 is 0 Å². The fraction of sp³-hybridized carbons (Fsp3) is 1.00. The third-order valence-electron chi connectivity index (χ3n) is 1.18. The van der Waals surface area contributed by atoms with Gasteiger partial charge in [-0.1, -0.05) is 6.92 Å². The highest BCUT2D eigenvalue weighted by molar-refractivity contribution is 4.52. The molecular formula is C6H14O5. The standard InChI is InChI=1S/C6H14O5/c1-2-6(9,10)11-4-5(8)3-7/h5,7-10H,2-4H2,1H3. The minimum atomic E-state index is -2.20. The molecule has 0 aromatic heterocycles. The Labute approximate surface area is 64.9 Å². The molecule has 0 fully saturated rings. The summed E-state index contributed by atoms with van der Waals surface area (Å²) in [5, 5.41) is 34.6. The molecule has 0 aromatic carbocycles. The van der Waals surface area contributed by atoms with Crippen LogP contribution in [0.5, 0.6) is 0 Å². The lowest BCUT2D eigenvalue weighted by molar-refractivity contribution is -0.344. The average molecular weight is 166 g/mol. The van der Waals surface area contributed by atoms with Gasteiger partial charge in [0.05, 0.1) is 13.2 Å². The van der Waals surface area contributed by atoms with Gasteiger partial charge in [-0.2, -0.15) is 0 Å². The molecule has 11 heavy (non-hydrogen) atoms. The summed E-state index contributed by atoms with van der Waals surface area (Å²) in [4.78, 5) is 0. The van der Waals surface area contributed by atoms with E-state index < -0.39 is 18.7 Å². The zero-order valence-corrected chi connectivity index (χ0v) is 6.40. The minimum absolute atomic E-state index is 0.00511. The van der Waals surface area contributed by atoms with Crippen molar-refractivity contribution in [3.05, 3.63) is 0 Å². The van der Waals surface area contributed by atoms with Crippen molar-refractivity contribution in [2.45, 2.75) is 25.4 Å². The quantitative estimate of drug-likeness (QED) is 0.369. The molecule has 1 atom stereocenters. The Morgan fingerprint density at radius 1 is 1.45 bits per heavy atom. The summed E-state index contributed by atoms with van der Waals surface area (Å²) in [5.41, 5.74) is 0. The summed E-state index contributed by atoms with van der Waals surface area (Å²) in [6.45, 7) is 0.766. The second-order valence-electron chi connectivity index (χ2n) is 2.24. The van der Waals surface area contributed by atoms with Gasteiger partial charge in [0.15, 0.2) is 0 Å². The molecule has 68 valence electrons. The largest absolute Gasteiger partial charge is 0.394 e. The monoisotopic (exact) mass is 166 g/mol. The van der Waals surface area contributed by atoms with Crippen LogP contribution < -0.4 is 0 Å². The Bertz CT molecular complexity index is 103. The predicted octanol–water partition coefficient (Wildman–Crippen LogP) is -1.60. The molecule has 0 saturated carbocycles. The van der Waals surface area contributed by atoms with Gasteiger partial charge in [0.1, 0.15) is 6.10 Å². The van der Waals surface area contributed by atoms with Crippen molar-refractivity contribution >= 4 is 0 Å². The van der Waals surface area contributed by atoms with Crippen molar-refractivity contribution in [1.29, 1.82) is 0 Å². The molecule has 5 heteroatoms. The van der Waals surface area contributed by atoms with Gasteiger partial charge in [-0.3, -0.25) is 0 Å². The van der Waals surface area contributed by atoms with Gasteiger partial charge in [-0.25, -0.2) is 0 Å². The zero-order valence-electron chi connectivity index (χ0n) is 6.40. The minimum Gasteiger partial charge on any atom is -0.394 e. The predicted molar refractivity (Wildman–Crippen MR) is 36.5 cm³/mol. The van der Waals surface area contributed by atoms with Gasteiger partial charge < -0.3 is 25.2 Å². The lowest BCUT2D eigenvalue weighted by atomic mass is 10.4. The van der Waals surface area contributed by atoms with Crippen LogP contribution in [0.2, 0.25) is 0 Å². The summed E-state index contributed by atoms with van der Waals surface area (Å²) >= 11 is 0. The summed E-state index contributed by atoms with van der Waals surface area (Å²) in [6, 6.07) is 0. The topological polar surface area (TPSA) is 90.2 Å². The van der Waals surface area contributed by atoms with Crippen LogP contribution in [0.4, 0.5) is 0 Å². The Balaban J connectivity index is 3.52. The molecule has 0 heterocycles. The first-order valence-corrected chi connectivity index (χ1v) is 3.39. The fourth-order valence-electron chi connectivity index (χ4n) is 0.384. The summed E-state index contributed by atoms with van der Waals surface area (Å²) in [7, 11) is 0. The smallest absolute Gasteiger partial charge is 0.277 e. The number of aliphatic hydroxyl groups excluding tert-OH is 2. The molecular weight excluding hydrogens is 152 g/mol. The molecule has 0 aliphatic heterocycles. The van der Waals surface area contributed by atoms with Crippen LogP contribution in [0.3, 0.4) is 0 Å². The lowest BCUT2D eigenvalue weighted by Crippen LogP contribution is -2.35. The van der Waals surface area contributed by atoms with E-state index in [-0.39, 0.29) is 13.0 Å². The lowest BCUT2D eigenvalue weighted by Gasteiger charge is -2.20. The van der Waals surface area contributed by atoms with E-state index in [1.54, 1.807) is 0 Å². The van der Waals surface area contributed by atoms with Crippen molar-refractivity contribution in [1.82, 2.24) is 0 Å². The van der Waals surface area contributed by atoms with Crippen molar-refractivity contribution in [3.8, 4) is 0 Å².